The van der Waals surface area contributed by atoms with Gasteiger partial charge >= 0.3 is 0 Å². The molecule has 2 aromatic carbocycles. The minimum Gasteiger partial charge on any atom is -0.494 e. The Morgan fingerprint density at radius 2 is 2.00 bits per heavy atom. The molecule has 0 spiro atoms. The number of nitrogens with zero attached hydrogens (tertiary/aromatic N) is 1. The van der Waals surface area contributed by atoms with Crippen molar-refractivity contribution >= 4 is 17.3 Å². The van der Waals surface area contributed by atoms with Crippen LogP contribution in [0.15, 0.2) is 42.5 Å². The Hall–Kier alpha value is -2.56. The maximum Gasteiger partial charge on any atom is 0.258 e. The first-order valence-electron chi connectivity index (χ1n) is 6.00. The van der Waals surface area contributed by atoms with E-state index in [0.29, 0.717) is 16.9 Å². The first-order valence-corrected chi connectivity index (χ1v) is 6.00. The predicted octanol–water partition coefficient (Wildman–Crippen LogP) is 2.69. The van der Waals surface area contributed by atoms with E-state index >= 15 is 0 Å². The minimum absolute atomic E-state index is 0.0387. The van der Waals surface area contributed by atoms with E-state index in [9.17, 15) is 9.18 Å². The molecule has 0 bridgehead atoms. The van der Waals surface area contributed by atoms with Crippen molar-refractivity contribution in [3.05, 3.63) is 53.8 Å². The van der Waals surface area contributed by atoms with E-state index in [2.05, 4.69) is 0 Å². The molecule has 0 aromatic heterocycles. The van der Waals surface area contributed by atoms with Crippen LogP contribution in [-0.4, -0.2) is 20.1 Å². The van der Waals surface area contributed by atoms with Gasteiger partial charge in [-0.25, -0.2) is 4.39 Å². The standard InChI is InChI=1S/C15H15FN2O2/c1-18(12-5-3-4-11(17)9-12)15(19)10-6-7-13(16)14(8-10)20-2/h3-9H,17H2,1-2H3. The van der Waals surface area contributed by atoms with Crippen molar-refractivity contribution < 1.29 is 13.9 Å². The van der Waals surface area contributed by atoms with Crippen LogP contribution >= 0.6 is 0 Å². The van der Waals surface area contributed by atoms with Gasteiger partial charge in [0.25, 0.3) is 5.91 Å². The smallest absolute Gasteiger partial charge is 0.258 e. The fraction of sp³-hybridized carbons (Fsp3) is 0.133. The van der Waals surface area contributed by atoms with Gasteiger partial charge in [-0.1, -0.05) is 6.07 Å². The number of nitrogen functional groups attached to an aromatic ring is 1. The molecule has 0 atom stereocenters. The molecule has 2 N–H and O–H groups in total. The van der Waals surface area contributed by atoms with Crippen LogP contribution < -0.4 is 15.4 Å². The second-order valence-corrected chi connectivity index (χ2v) is 4.31. The number of carbonyl (C=O) groups is 1. The lowest BCUT2D eigenvalue weighted by molar-refractivity contribution is 0.0992. The third-order valence-electron chi connectivity index (χ3n) is 2.96. The van der Waals surface area contributed by atoms with E-state index in [1.807, 2.05) is 0 Å². The zero-order valence-corrected chi connectivity index (χ0v) is 11.3. The molecule has 20 heavy (non-hydrogen) atoms. The lowest BCUT2D eigenvalue weighted by Crippen LogP contribution is -2.26. The normalized spacial score (nSPS) is 10.2. The van der Waals surface area contributed by atoms with E-state index in [1.54, 1.807) is 31.3 Å². The molecule has 104 valence electrons. The highest BCUT2D eigenvalue weighted by molar-refractivity contribution is 6.06. The number of ether oxygens (including phenoxy) is 1. The van der Waals surface area contributed by atoms with E-state index < -0.39 is 5.82 Å². The van der Waals surface area contributed by atoms with Gasteiger partial charge in [-0.3, -0.25) is 4.79 Å². The molecule has 0 saturated carbocycles. The van der Waals surface area contributed by atoms with Gasteiger partial charge in [0, 0.05) is 24.0 Å². The molecule has 0 aliphatic rings. The maximum absolute atomic E-state index is 13.3. The minimum atomic E-state index is -0.504. The van der Waals surface area contributed by atoms with Crippen molar-refractivity contribution in [2.24, 2.45) is 0 Å². The molecule has 5 heteroatoms. The summed E-state index contributed by atoms with van der Waals surface area (Å²) in [6, 6.07) is 11.0. The Morgan fingerprint density at radius 3 is 2.65 bits per heavy atom. The quantitative estimate of drug-likeness (QED) is 0.875. The first kappa shape index (κ1) is 13.9. The fourth-order valence-electron chi connectivity index (χ4n) is 1.84. The summed E-state index contributed by atoms with van der Waals surface area (Å²) in [7, 11) is 2.99. The van der Waals surface area contributed by atoms with E-state index in [1.165, 1.54) is 30.2 Å². The third kappa shape index (κ3) is 2.71. The van der Waals surface area contributed by atoms with Crippen LogP contribution in [0.3, 0.4) is 0 Å². The Morgan fingerprint density at radius 1 is 1.25 bits per heavy atom. The molecule has 0 aliphatic carbocycles. The molecular weight excluding hydrogens is 259 g/mol. The topological polar surface area (TPSA) is 55.6 Å². The van der Waals surface area contributed by atoms with Crippen LogP contribution in [-0.2, 0) is 0 Å². The molecule has 1 amide bonds. The van der Waals surface area contributed by atoms with Gasteiger partial charge in [-0.15, -0.1) is 0 Å². The van der Waals surface area contributed by atoms with Crippen LogP contribution in [0.1, 0.15) is 10.4 Å². The number of methoxy groups -OCH3 is 1. The van der Waals surface area contributed by atoms with Crippen molar-refractivity contribution in [3.8, 4) is 5.75 Å². The number of benzene rings is 2. The Kier molecular flexibility index (Phi) is 3.89. The van der Waals surface area contributed by atoms with E-state index in [4.69, 9.17) is 10.5 Å². The van der Waals surface area contributed by atoms with Gasteiger partial charge in [0.05, 0.1) is 7.11 Å². The summed E-state index contributed by atoms with van der Waals surface area (Å²) in [6.07, 6.45) is 0. The van der Waals surface area contributed by atoms with Gasteiger partial charge in [0.1, 0.15) is 0 Å². The number of amides is 1. The van der Waals surface area contributed by atoms with Gasteiger partial charge in [-0.05, 0) is 36.4 Å². The highest BCUT2D eigenvalue weighted by Crippen LogP contribution is 2.22. The average Bonchev–Trinajstić information content (AvgIpc) is 2.46. The number of carbonyl (C=O) groups excluding carboxylic acids is 1. The van der Waals surface area contributed by atoms with Crippen molar-refractivity contribution in [1.29, 1.82) is 0 Å². The number of hydrogen-bond acceptors (Lipinski definition) is 3. The summed E-state index contributed by atoms with van der Waals surface area (Å²) in [4.78, 5) is 13.8. The molecule has 0 heterocycles. The number of nitrogens with two attached hydrogens (primary N) is 1. The van der Waals surface area contributed by atoms with Gasteiger partial charge in [0.2, 0.25) is 0 Å². The molecule has 0 fully saturated rings. The molecular formula is C15H15FN2O2. The Balaban J connectivity index is 2.31. The lowest BCUT2D eigenvalue weighted by Gasteiger charge is -2.18. The number of rotatable bonds is 3. The molecule has 0 saturated heterocycles. The predicted molar refractivity (Wildman–Crippen MR) is 76.5 cm³/mol. The van der Waals surface area contributed by atoms with Gasteiger partial charge < -0.3 is 15.4 Å². The first-order chi connectivity index (χ1) is 9.52. The summed E-state index contributed by atoms with van der Waals surface area (Å²) >= 11 is 0. The van der Waals surface area contributed by atoms with Crippen LogP contribution in [0.5, 0.6) is 5.75 Å². The fourth-order valence-corrected chi connectivity index (χ4v) is 1.84. The van der Waals surface area contributed by atoms with Gasteiger partial charge in [-0.2, -0.15) is 0 Å². The second-order valence-electron chi connectivity index (χ2n) is 4.31. The van der Waals surface area contributed by atoms with Crippen LogP contribution in [0.2, 0.25) is 0 Å². The number of halogens is 1. The summed E-state index contributed by atoms with van der Waals surface area (Å²) in [6.45, 7) is 0. The van der Waals surface area contributed by atoms with E-state index in [-0.39, 0.29) is 11.7 Å². The summed E-state index contributed by atoms with van der Waals surface area (Å²) in [5, 5.41) is 0. The van der Waals surface area contributed by atoms with Crippen molar-refractivity contribution in [1.82, 2.24) is 0 Å². The van der Waals surface area contributed by atoms with Crippen molar-refractivity contribution in [3.63, 3.8) is 0 Å². The SMILES string of the molecule is COc1cc(C(=O)N(C)c2cccc(N)c2)ccc1F. The number of anilines is 2. The zero-order valence-electron chi connectivity index (χ0n) is 11.3. The summed E-state index contributed by atoms with van der Waals surface area (Å²) in [5.41, 5.74) is 7.27. The Labute approximate surface area is 116 Å². The maximum atomic E-state index is 13.3. The van der Waals surface area contributed by atoms with Gasteiger partial charge in [0.15, 0.2) is 11.6 Å². The third-order valence-corrected chi connectivity index (χ3v) is 2.96. The zero-order chi connectivity index (χ0) is 14.7. The summed E-state index contributed by atoms with van der Waals surface area (Å²) < 4.78 is 18.2. The summed E-state index contributed by atoms with van der Waals surface area (Å²) in [5.74, 6) is -0.735. The Bertz CT molecular complexity index is 644. The molecule has 0 aliphatic heterocycles. The largest absolute Gasteiger partial charge is 0.494 e. The van der Waals surface area contributed by atoms with Crippen LogP contribution in [0, 0.1) is 5.82 Å². The number of hydrogen-bond donors (Lipinski definition) is 1. The van der Waals surface area contributed by atoms with E-state index in [0.717, 1.165) is 0 Å². The second kappa shape index (κ2) is 5.61. The molecule has 0 unspecified atom stereocenters. The van der Waals surface area contributed by atoms with Crippen LogP contribution in [0.25, 0.3) is 0 Å². The van der Waals surface area contributed by atoms with Crippen molar-refractivity contribution in [2.75, 3.05) is 24.8 Å². The molecule has 4 nitrogen and oxygen atoms in total. The lowest BCUT2D eigenvalue weighted by atomic mass is 10.1. The van der Waals surface area contributed by atoms with Crippen LogP contribution in [0.4, 0.5) is 15.8 Å². The highest BCUT2D eigenvalue weighted by Gasteiger charge is 2.15. The molecule has 2 aromatic rings. The van der Waals surface area contributed by atoms with Crippen molar-refractivity contribution in [2.45, 2.75) is 0 Å². The highest BCUT2D eigenvalue weighted by atomic mass is 19.1. The molecule has 2 rings (SSSR count). The molecule has 0 radical (unpaired) electrons. The monoisotopic (exact) mass is 274 g/mol. The average molecular weight is 274 g/mol.